The summed E-state index contributed by atoms with van der Waals surface area (Å²) in [5, 5.41) is 8.81. The van der Waals surface area contributed by atoms with Crippen LogP contribution in [0, 0.1) is 0 Å². The molecule has 1 rings (SSSR count). The molecular weight excluding hydrogens is 330 g/mol. The van der Waals surface area contributed by atoms with Gasteiger partial charge in [0.25, 0.3) is 0 Å². The Morgan fingerprint density at radius 1 is 1.13 bits per heavy atom. The lowest BCUT2D eigenvalue weighted by Gasteiger charge is -2.13. The number of carbonyl (C=O) groups excluding carboxylic acids is 2. The first kappa shape index (κ1) is 18.6. The van der Waals surface area contributed by atoms with Crippen molar-refractivity contribution in [3.05, 3.63) is 29.3 Å². The third-order valence-electron chi connectivity index (χ3n) is 2.80. The Hall–Kier alpha value is -2.46. The van der Waals surface area contributed by atoms with Crippen LogP contribution in [0.25, 0.3) is 0 Å². The van der Waals surface area contributed by atoms with Gasteiger partial charge in [-0.3, -0.25) is 4.79 Å². The van der Waals surface area contributed by atoms with Crippen molar-refractivity contribution < 1.29 is 37.4 Å². The molecule has 23 heavy (non-hydrogen) atoms. The van der Waals surface area contributed by atoms with Gasteiger partial charge < -0.3 is 14.6 Å². The van der Waals surface area contributed by atoms with Gasteiger partial charge in [0.1, 0.15) is 6.04 Å². The molecule has 0 spiro atoms. The molecule has 0 saturated heterocycles. The first-order valence-corrected chi connectivity index (χ1v) is 7.68. The van der Waals surface area contributed by atoms with E-state index in [1.807, 2.05) is 4.72 Å². The molecule has 0 aromatic heterocycles. The molecular formula is C13H15NO8S. The number of sulfonamides is 1. The smallest absolute Gasteiger partial charge is 0.339 e. The van der Waals surface area contributed by atoms with Crippen LogP contribution in [0.5, 0.6) is 0 Å². The van der Waals surface area contributed by atoms with Crippen molar-refractivity contribution in [2.24, 2.45) is 0 Å². The zero-order valence-corrected chi connectivity index (χ0v) is 13.3. The Balaban J connectivity index is 3.47. The number of aliphatic carboxylic acids is 1. The summed E-state index contributed by atoms with van der Waals surface area (Å²) in [5.41, 5.74) is -0.464. The van der Waals surface area contributed by atoms with E-state index in [9.17, 15) is 22.8 Å². The normalized spacial score (nSPS) is 12.3. The van der Waals surface area contributed by atoms with E-state index < -0.39 is 38.9 Å². The van der Waals surface area contributed by atoms with E-state index in [-0.39, 0.29) is 11.1 Å². The van der Waals surface area contributed by atoms with Gasteiger partial charge in [-0.05, 0) is 25.1 Å². The van der Waals surface area contributed by atoms with Gasteiger partial charge in [-0.2, -0.15) is 4.72 Å². The van der Waals surface area contributed by atoms with Gasteiger partial charge in [0.2, 0.25) is 10.0 Å². The standard InChI is InChI=1S/C13H15NO8S/c1-7(11(15)16)14-23(19,20)10-6-8(12(17)21-2)4-5-9(10)13(18)22-3/h4-7,14H,1-3H3,(H,15,16)/t7-/m0/s1. The first-order chi connectivity index (χ1) is 10.6. The number of hydrogen-bond donors (Lipinski definition) is 2. The van der Waals surface area contributed by atoms with E-state index >= 15 is 0 Å². The van der Waals surface area contributed by atoms with Crippen molar-refractivity contribution >= 4 is 27.9 Å². The SMILES string of the molecule is COC(=O)c1ccc(C(=O)OC)c(S(=O)(=O)N[C@@H](C)C(=O)O)c1. The van der Waals surface area contributed by atoms with Crippen LogP contribution in [0.4, 0.5) is 0 Å². The maximum absolute atomic E-state index is 12.3. The van der Waals surface area contributed by atoms with Crippen molar-refractivity contribution in [1.82, 2.24) is 4.72 Å². The minimum Gasteiger partial charge on any atom is -0.480 e. The second-order valence-electron chi connectivity index (χ2n) is 4.38. The van der Waals surface area contributed by atoms with Gasteiger partial charge in [-0.15, -0.1) is 0 Å². The minimum atomic E-state index is -4.39. The molecule has 1 atom stereocenters. The van der Waals surface area contributed by atoms with Crippen LogP contribution in [-0.2, 0) is 24.3 Å². The Kier molecular flexibility index (Phi) is 5.82. The van der Waals surface area contributed by atoms with Gasteiger partial charge in [-0.1, -0.05) is 0 Å². The average Bonchev–Trinajstić information content (AvgIpc) is 2.52. The highest BCUT2D eigenvalue weighted by molar-refractivity contribution is 7.89. The van der Waals surface area contributed by atoms with Crippen LogP contribution in [0.3, 0.4) is 0 Å². The summed E-state index contributed by atoms with van der Waals surface area (Å²) >= 11 is 0. The number of rotatable bonds is 6. The fourth-order valence-electron chi connectivity index (χ4n) is 1.61. The third kappa shape index (κ3) is 4.27. The van der Waals surface area contributed by atoms with Gasteiger partial charge in [0.15, 0.2) is 0 Å². The van der Waals surface area contributed by atoms with Crippen LogP contribution < -0.4 is 4.72 Å². The van der Waals surface area contributed by atoms with Crippen LogP contribution >= 0.6 is 0 Å². The summed E-state index contributed by atoms with van der Waals surface area (Å²) in [6, 6.07) is 1.75. The van der Waals surface area contributed by atoms with Gasteiger partial charge in [0.05, 0.1) is 30.2 Å². The number of carboxylic acids is 1. The van der Waals surface area contributed by atoms with E-state index in [1.54, 1.807) is 0 Å². The second-order valence-corrected chi connectivity index (χ2v) is 6.06. The molecule has 0 bridgehead atoms. The van der Waals surface area contributed by atoms with Crippen molar-refractivity contribution in [3.63, 3.8) is 0 Å². The van der Waals surface area contributed by atoms with Gasteiger partial charge in [0, 0.05) is 0 Å². The average molecular weight is 345 g/mol. The summed E-state index contributed by atoms with van der Waals surface area (Å²) < 4.78 is 35.5. The molecule has 0 heterocycles. The summed E-state index contributed by atoms with van der Waals surface area (Å²) in [6.45, 7) is 1.11. The zero-order valence-electron chi connectivity index (χ0n) is 12.5. The van der Waals surface area contributed by atoms with E-state index in [4.69, 9.17) is 5.11 Å². The highest BCUT2D eigenvalue weighted by Gasteiger charge is 2.28. The number of esters is 2. The van der Waals surface area contributed by atoms with Crippen LogP contribution in [-0.4, -0.2) is 51.7 Å². The molecule has 9 nitrogen and oxygen atoms in total. The Bertz CT molecular complexity index is 740. The van der Waals surface area contributed by atoms with Crippen LogP contribution in [0.15, 0.2) is 23.1 Å². The number of hydrogen-bond acceptors (Lipinski definition) is 7. The van der Waals surface area contributed by atoms with E-state index in [0.717, 1.165) is 33.3 Å². The minimum absolute atomic E-state index is 0.122. The first-order valence-electron chi connectivity index (χ1n) is 6.20. The number of ether oxygens (including phenoxy) is 2. The molecule has 0 fully saturated rings. The lowest BCUT2D eigenvalue weighted by atomic mass is 10.1. The Morgan fingerprint density at radius 2 is 1.70 bits per heavy atom. The molecule has 1 aromatic rings. The molecule has 0 radical (unpaired) electrons. The molecule has 0 aliphatic heterocycles. The molecule has 0 amide bonds. The van der Waals surface area contributed by atoms with Gasteiger partial charge >= 0.3 is 17.9 Å². The number of methoxy groups -OCH3 is 2. The fourth-order valence-corrected chi connectivity index (χ4v) is 3.03. The number of benzene rings is 1. The monoisotopic (exact) mass is 345 g/mol. The molecule has 10 heteroatoms. The Morgan fingerprint density at radius 3 is 2.17 bits per heavy atom. The summed E-state index contributed by atoms with van der Waals surface area (Å²) in [6.07, 6.45) is 0. The van der Waals surface area contributed by atoms with Crippen LogP contribution in [0.2, 0.25) is 0 Å². The fraction of sp³-hybridized carbons (Fsp3) is 0.308. The molecule has 1 aromatic carbocycles. The molecule has 2 N–H and O–H groups in total. The second kappa shape index (κ2) is 7.20. The van der Waals surface area contributed by atoms with E-state index in [0.29, 0.717) is 0 Å². The van der Waals surface area contributed by atoms with Crippen molar-refractivity contribution in [3.8, 4) is 0 Å². The predicted molar refractivity (Wildman–Crippen MR) is 76.5 cm³/mol. The quantitative estimate of drug-likeness (QED) is 0.688. The maximum Gasteiger partial charge on any atom is 0.339 e. The highest BCUT2D eigenvalue weighted by Crippen LogP contribution is 2.20. The number of carbonyl (C=O) groups is 3. The maximum atomic E-state index is 12.3. The largest absolute Gasteiger partial charge is 0.480 e. The number of nitrogens with one attached hydrogen (secondary N) is 1. The number of carboxylic acid groups (broad SMARTS) is 1. The zero-order chi connectivity index (χ0) is 17.8. The highest BCUT2D eigenvalue weighted by atomic mass is 32.2. The molecule has 0 unspecified atom stereocenters. The van der Waals surface area contributed by atoms with Crippen LogP contribution in [0.1, 0.15) is 27.6 Å². The van der Waals surface area contributed by atoms with Gasteiger partial charge in [-0.25, -0.2) is 18.0 Å². The lowest BCUT2D eigenvalue weighted by molar-refractivity contribution is -0.138. The summed E-state index contributed by atoms with van der Waals surface area (Å²) in [7, 11) is -2.23. The molecule has 0 aliphatic carbocycles. The van der Waals surface area contributed by atoms with Crippen molar-refractivity contribution in [2.45, 2.75) is 17.9 Å². The molecule has 0 aliphatic rings. The summed E-state index contributed by atoms with van der Waals surface area (Å²) in [4.78, 5) is 33.5. The predicted octanol–water partition coefficient (Wildman–Crippen LogP) is 0.0112. The molecule has 0 saturated carbocycles. The van der Waals surface area contributed by atoms with E-state index in [1.165, 1.54) is 6.07 Å². The topological polar surface area (TPSA) is 136 Å². The Labute approximate surface area is 132 Å². The lowest BCUT2D eigenvalue weighted by Crippen LogP contribution is -2.39. The van der Waals surface area contributed by atoms with E-state index in [2.05, 4.69) is 9.47 Å². The van der Waals surface area contributed by atoms with Crippen molar-refractivity contribution in [1.29, 1.82) is 0 Å². The van der Waals surface area contributed by atoms with Crippen molar-refractivity contribution in [2.75, 3.05) is 14.2 Å². The third-order valence-corrected chi connectivity index (χ3v) is 4.38. The summed E-state index contributed by atoms with van der Waals surface area (Å²) in [5.74, 6) is -3.17. The molecule has 126 valence electrons.